The van der Waals surface area contributed by atoms with Gasteiger partial charge in [-0.3, -0.25) is 4.79 Å². The third-order valence-electron chi connectivity index (χ3n) is 2.87. The number of carbonyl (C=O) groups excluding carboxylic acids is 1. The average molecular weight is 279 g/mol. The Morgan fingerprint density at radius 2 is 2.26 bits per heavy atom. The fourth-order valence-corrected chi connectivity index (χ4v) is 2.47. The molecule has 2 N–H and O–H groups in total. The number of aliphatic hydroxyl groups excluding tert-OH is 1. The topological polar surface area (TPSA) is 49.3 Å². The quantitative estimate of drug-likeness (QED) is 0.814. The summed E-state index contributed by atoms with van der Waals surface area (Å²) in [5.41, 5.74) is 0.664. The summed E-state index contributed by atoms with van der Waals surface area (Å²) in [6.45, 7) is 6.35. The van der Waals surface area contributed by atoms with Gasteiger partial charge in [0, 0.05) is 17.8 Å². The first-order valence-electron chi connectivity index (χ1n) is 6.57. The van der Waals surface area contributed by atoms with E-state index in [1.807, 2.05) is 5.38 Å². The highest BCUT2D eigenvalue weighted by Gasteiger charge is 2.15. The van der Waals surface area contributed by atoms with Crippen molar-refractivity contribution in [1.29, 1.82) is 0 Å². The van der Waals surface area contributed by atoms with E-state index in [0.29, 0.717) is 17.9 Å². The SMILES string of the molecule is CCC(NC(=O)c1csc(C#CCCO)c1)C(C)C. The summed E-state index contributed by atoms with van der Waals surface area (Å²) in [6, 6.07) is 2.01. The molecule has 4 heteroatoms. The molecule has 0 radical (unpaired) electrons. The Balaban J connectivity index is 2.66. The van der Waals surface area contributed by atoms with E-state index in [9.17, 15) is 4.79 Å². The van der Waals surface area contributed by atoms with E-state index in [4.69, 9.17) is 5.11 Å². The van der Waals surface area contributed by atoms with Crippen molar-refractivity contribution in [3.8, 4) is 11.8 Å². The van der Waals surface area contributed by atoms with Crippen molar-refractivity contribution in [2.24, 2.45) is 5.92 Å². The zero-order valence-corrected chi connectivity index (χ0v) is 12.5. The third kappa shape index (κ3) is 5.06. The number of aliphatic hydroxyl groups is 1. The summed E-state index contributed by atoms with van der Waals surface area (Å²) in [7, 11) is 0. The van der Waals surface area contributed by atoms with Gasteiger partial charge in [0.2, 0.25) is 0 Å². The second kappa shape index (κ2) is 7.98. The van der Waals surface area contributed by atoms with Crippen molar-refractivity contribution < 1.29 is 9.90 Å². The van der Waals surface area contributed by atoms with E-state index in [2.05, 4.69) is 37.9 Å². The molecule has 1 aromatic rings. The van der Waals surface area contributed by atoms with Gasteiger partial charge in [0.05, 0.1) is 17.0 Å². The van der Waals surface area contributed by atoms with Crippen LogP contribution in [0.5, 0.6) is 0 Å². The normalized spacial score (nSPS) is 11.8. The van der Waals surface area contributed by atoms with Gasteiger partial charge in [0.15, 0.2) is 0 Å². The molecular formula is C15H21NO2S. The summed E-state index contributed by atoms with van der Waals surface area (Å²) >= 11 is 1.46. The monoisotopic (exact) mass is 279 g/mol. The minimum absolute atomic E-state index is 0.0352. The van der Waals surface area contributed by atoms with Gasteiger partial charge in [0.1, 0.15) is 0 Å². The number of nitrogens with one attached hydrogen (secondary N) is 1. The molecule has 0 bridgehead atoms. The van der Waals surface area contributed by atoms with E-state index in [-0.39, 0.29) is 18.6 Å². The van der Waals surface area contributed by atoms with Gasteiger partial charge in [0.25, 0.3) is 5.91 Å². The van der Waals surface area contributed by atoms with Gasteiger partial charge < -0.3 is 10.4 Å². The van der Waals surface area contributed by atoms with Crippen LogP contribution in [-0.4, -0.2) is 23.7 Å². The van der Waals surface area contributed by atoms with E-state index >= 15 is 0 Å². The largest absolute Gasteiger partial charge is 0.395 e. The van der Waals surface area contributed by atoms with Crippen molar-refractivity contribution in [2.75, 3.05) is 6.61 Å². The molecule has 0 saturated carbocycles. The molecule has 0 aliphatic heterocycles. The summed E-state index contributed by atoms with van der Waals surface area (Å²) in [4.78, 5) is 12.9. The molecule has 0 saturated heterocycles. The van der Waals surface area contributed by atoms with Crippen LogP contribution in [-0.2, 0) is 0 Å². The molecule has 0 spiro atoms. The van der Waals surface area contributed by atoms with Gasteiger partial charge >= 0.3 is 0 Å². The lowest BCUT2D eigenvalue weighted by molar-refractivity contribution is 0.0925. The van der Waals surface area contributed by atoms with Crippen LogP contribution >= 0.6 is 11.3 Å². The molecular weight excluding hydrogens is 258 g/mol. The highest BCUT2D eigenvalue weighted by Crippen LogP contribution is 2.15. The fourth-order valence-electron chi connectivity index (χ4n) is 1.72. The lowest BCUT2D eigenvalue weighted by Gasteiger charge is -2.20. The maximum atomic E-state index is 12.1. The second-order valence-electron chi connectivity index (χ2n) is 4.71. The van der Waals surface area contributed by atoms with Crippen LogP contribution in [0, 0.1) is 17.8 Å². The first-order chi connectivity index (χ1) is 9.08. The molecule has 0 aliphatic carbocycles. The molecule has 1 heterocycles. The van der Waals surface area contributed by atoms with Crippen molar-refractivity contribution in [3.05, 3.63) is 21.9 Å². The summed E-state index contributed by atoms with van der Waals surface area (Å²) in [6.07, 6.45) is 1.39. The Kier molecular flexibility index (Phi) is 6.61. The van der Waals surface area contributed by atoms with Crippen LogP contribution in [0.15, 0.2) is 11.4 Å². The smallest absolute Gasteiger partial charge is 0.252 e. The van der Waals surface area contributed by atoms with Gasteiger partial charge in [-0.1, -0.05) is 32.6 Å². The summed E-state index contributed by atoms with van der Waals surface area (Å²) in [5, 5.41) is 13.5. The number of hydrogen-bond acceptors (Lipinski definition) is 3. The van der Waals surface area contributed by atoms with Crippen LogP contribution in [0.2, 0.25) is 0 Å². The molecule has 1 aromatic heterocycles. The Hall–Kier alpha value is -1.31. The van der Waals surface area contributed by atoms with Crippen LogP contribution in [0.25, 0.3) is 0 Å². The third-order valence-corrected chi connectivity index (χ3v) is 3.72. The molecule has 1 atom stereocenters. The molecule has 1 unspecified atom stereocenters. The Labute approximate surface area is 119 Å². The van der Waals surface area contributed by atoms with Crippen molar-refractivity contribution in [1.82, 2.24) is 5.32 Å². The first kappa shape index (κ1) is 15.7. The maximum absolute atomic E-state index is 12.1. The summed E-state index contributed by atoms with van der Waals surface area (Å²) < 4.78 is 0. The number of carbonyl (C=O) groups is 1. The number of rotatable bonds is 5. The standard InChI is InChI=1S/C15H21NO2S/c1-4-14(11(2)3)16-15(18)12-9-13(19-10-12)7-5-6-8-17/h9-11,14,17H,4,6,8H2,1-3H3,(H,16,18). The molecule has 0 fully saturated rings. The average Bonchev–Trinajstić information content (AvgIpc) is 2.84. The van der Waals surface area contributed by atoms with Crippen molar-refractivity contribution in [2.45, 2.75) is 39.7 Å². The molecule has 1 amide bonds. The van der Waals surface area contributed by atoms with Crippen molar-refractivity contribution in [3.63, 3.8) is 0 Å². The van der Waals surface area contributed by atoms with Crippen molar-refractivity contribution >= 4 is 17.2 Å². The van der Waals surface area contributed by atoms with Crippen LogP contribution < -0.4 is 5.32 Å². The van der Waals surface area contributed by atoms with Crippen LogP contribution in [0.3, 0.4) is 0 Å². The van der Waals surface area contributed by atoms with E-state index in [1.165, 1.54) is 11.3 Å². The molecule has 19 heavy (non-hydrogen) atoms. The minimum atomic E-state index is -0.0352. The Morgan fingerprint density at radius 3 is 2.84 bits per heavy atom. The summed E-state index contributed by atoms with van der Waals surface area (Å²) in [5.74, 6) is 6.18. The zero-order valence-electron chi connectivity index (χ0n) is 11.7. The number of hydrogen-bond donors (Lipinski definition) is 2. The van der Waals surface area contributed by atoms with Gasteiger partial charge in [-0.2, -0.15) is 0 Å². The fraction of sp³-hybridized carbons (Fsp3) is 0.533. The zero-order chi connectivity index (χ0) is 14.3. The number of thiophene rings is 1. The predicted molar refractivity (Wildman–Crippen MR) is 79.3 cm³/mol. The highest BCUT2D eigenvalue weighted by atomic mass is 32.1. The van der Waals surface area contributed by atoms with Gasteiger partial charge in [-0.05, 0) is 18.4 Å². The van der Waals surface area contributed by atoms with E-state index in [0.717, 1.165) is 11.3 Å². The first-order valence-corrected chi connectivity index (χ1v) is 7.45. The van der Waals surface area contributed by atoms with Crippen LogP contribution in [0.4, 0.5) is 0 Å². The minimum Gasteiger partial charge on any atom is -0.395 e. The van der Waals surface area contributed by atoms with Crippen LogP contribution in [0.1, 0.15) is 48.8 Å². The Morgan fingerprint density at radius 1 is 1.53 bits per heavy atom. The molecule has 104 valence electrons. The second-order valence-corrected chi connectivity index (χ2v) is 5.62. The molecule has 1 rings (SSSR count). The van der Waals surface area contributed by atoms with Gasteiger partial charge in [-0.15, -0.1) is 11.3 Å². The maximum Gasteiger partial charge on any atom is 0.252 e. The predicted octanol–water partition coefficient (Wildman–Crippen LogP) is 2.65. The van der Waals surface area contributed by atoms with E-state index in [1.54, 1.807) is 6.07 Å². The van der Waals surface area contributed by atoms with Gasteiger partial charge in [-0.25, -0.2) is 0 Å². The number of amides is 1. The van der Waals surface area contributed by atoms with E-state index < -0.39 is 0 Å². The molecule has 0 aliphatic rings. The lowest BCUT2D eigenvalue weighted by atomic mass is 10.0. The molecule has 0 aromatic carbocycles. The highest BCUT2D eigenvalue weighted by molar-refractivity contribution is 7.10. The Bertz CT molecular complexity index is 468. The molecule has 3 nitrogen and oxygen atoms in total. The lowest BCUT2D eigenvalue weighted by Crippen LogP contribution is -2.37.